The van der Waals surface area contributed by atoms with Crippen LogP contribution >= 0.6 is 15.9 Å². The van der Waals surface area contributed by atoms with E-state index in [9.17, 15) is 9.90 Å². The summed E-state index contributed by atoms with van der Waals surface area (Å²) in [5.74, 6) is 0.216. The molecule has 0 radical (unpaired) electrons. The molecule has 4 N–H and O–H groups in total. The lowest BCUT2D eigenvalue weighted by Gasteiger charge is -2.33. The first-order chi connectivity index (χ1) is 15.1. The van der Waals surface area contributed by atoms with E-state index >= 15 is 0 Å². The lowest BCUT2D eigenvalue weighted by atomic mass is 9.96. The van der Waals surface area contributed by atoms with Crippen LogP contribution in [0.1, 0.15) is 48.4 Å². The Balaban J connectivity index is 1.52. The lowest BCUT2D eigenvalue weighted by Crippen LogP contribution is -2.48. The summed E-state index contributed by atoms with van der Waals surface area (Å²) in [6.45, 7) is 4.13. The van der Waals surface area contributed by atoms with E-state index in [4.69, 9.17) is 15.7 Å². The first kappa shape index (κ1) is 22.2. The maximum Gasteiger partial charge on any atom is 0.254 e. The van der Waals surface area contributed by atoms with Gasteiger partial charge in [0.15, 0.2) is 5.76 Å². The van der Waals surface area contributed by atoms with Crippen molar-refractivity contribution in [2.45, 2.75) is 38.3 Å². The van der Waals surface area contributed by atoms with Crippen molar-refractivity contribution >= 4 is 33.2 Å². The molecule has 2 heterocycles. The Morgan fingerprint density at radius 3 is 2.62 bits per heavy atom. The monoisotopic (exact) mass is 496 g/mol. The van der Waals surface area contributed by atoms with Gasteiger partial charge in [-0.05, 0) is 57.0 Å². The summed E-state index contributed by atoms with van der Waals surface area (Å²) >= 11 is 3.36. The van der Waals surface area contributed by atoms with Crippen molar-refractivity contribution in [1.82, 2.24) is 10.1 Å². The quantitative estimate of drug-likeness (QED) is 0.355. The van der Waals surface area contributed by atoms with Crippen molar-refractivity contribution in [3.05, 3.63) is 69.9 Å². The number of amides is 1. The third-order valence-corrected chi connectivity index (χ3v) is 6.29. The van der Waals surface area contributed by atoms with E-state index in [1.165, 1.54) is 0 Å². The number of benzene rings is 2. The summed E-state index contributed by atoms with van der Waals surface area (Å²) in [5.41, 5.74) is 8.16. The Bertz CT molecular complexity index is 1160. The van der Waals surface area contributed by atoms with Crippen molar-refractivity contribution in [3.8, 4) is 11.3 Å². The second kappa shape index (κ2) is 8.52. The van der Waals surface area contributed by atoms with Gasteiger partial charge >= 0.3 is 0 Å². The zero-order valence-corrected chi connectivity index (χ0v) is 19.5. The molecule has 32 heavy (non-hydrogen) atoms. The van der Waals surface area contributed by atoms with Crippen molar-refractivity contribution in [2.75, 3.05) is 12.3 Å². The van der Waals surface area contributed by atoms with Gasteiger partial charge in [0.05, 0.1) is 11.6 Å². The number of aromatic nitrogens is 1. The lowest BCUT2D eigenvalue weighted by molar-refractivity contribution is 0.000337. The van der Waals surface area contributed by atoms with Crippen LogP contribution in [-0.4, -0.2) is 45.0 Å². The van der Waals surface area contributed by atoms with Crippen LogP contribution in [0.25, 0.3) is 11.3 Å². The Morgan fingerprint density at radius 1 is 1.25 bits per heavy atom. The number of hydrogen-bond acceptors (Lipinski definition) is 6. The van der Waals surface area contributed by atoms with Crippen LogP contribution in [0.3, 0.4) is 0 Å². The van der Waals surface area contributed by atoms with Crippen LogP contribution < -0.4 is 5.73 Å². The van der Waals surface area contributed by atoms with Crippen molar-refractivity contribution in [1.29, 1.82) is 5.41 Å². The molecule has 1 atom stereocenters. The predicted molar refractivity (Wildman–Crippen MR) is 127 cm³/mol. The van der Waals surface area contributed by atoms with Crippen LogP contribution in [0.15, 0.2) is 57.5 Å². The Morgan fingerprint density at radius 2 is 1.97 bits per heavy atom. The third kappa shape index (κ3) is 4.33. The molecule has 8 heteroatoms. The Kier molecular flexibility index (Phi) is 5.92. The molecule has 1 saturated heterocycles. The van der Waals surface area contributed by atoms with Gasteiger partial charge in [-0.3, -0.25) is 10.2 Å². The molecule has 1 fully saturated rings. The topological polar surface area (TPSA) is 116 Å². The highest BCUT2D eigenvalue weighted by Gasteiger charge is 2.38. The Labute approximate surface area is 194 Å². The summed E-state index contributed by atoms with van der Waals surface area (Å²) in [7, 11) is 0. The van der Waals surface area contributed by atoms with Gasteiger partial charge in [0, 0.05) is 39.5 Å². The number of carbonyl (C=O) groups excluding carboxylic acids is 1. The maximum absolute atomic E-state index is 13.0. The van der Waals surface area contributed by atoms with Gasteiger partial charge in [-0.1, -0.05) is 33.2 Å². The van der Waals surface area contributed by atoms with Gasteiger partial charge in [-0.15, -0.1) is 0 Å². The van der Waals surface area contributed by atoms with Crippen LogP contribution in [0.4, 0.5) is 5.69 Å². The van der Waals surface area contributed by atoms with Gasteiger partial charge in [0.2, 0.25) is 0 Å². The highest BCUT2D eigenvalue weighted by Crippen LogP contribution is 2.29. The zero-order valence-electron chi connectivity index (χ0n) is 17.9. The number of halogens is 1. The van der Waals surface area contributed by atoms with Crippen molar-refractivity contribution < 1.29 is 14.4 Å². The molecule has 0 saturated carbocycles. The average Bonchev–Trinajstić information content (AvgIpc) is 3.43. The van der Waals surface area contributed by atoms with Gasteiger partial charge in [-0.2, -0.15) is 0 Å². The first-order valence-electron chi connectivity index (χ1n) is 10.4. The van der Waals surface area contributed by atoms with E-state index in [2.05, 4.69) is 21.1 Å². The van der Waals surface area contributed by atoms with Crippen LogP contribution in [0.2, 0.25) is 0 Å². The second-order valence-corrected chi connectivity index (χ2v) is 9.49. The summed E-state index contributed by atoms with van der Waals surface area (Å²) in [4.78, 5) is 14.8. The van der Waals surface area contributed by atoms with Crippen LogP contribution in [0.5, 0.6) is 0 Å². The number of nitrogens with one attached hydrogen (secondary N) is 1. The minimum atomic E-state index is -0.939. The number of anilines is 1. The number of nitrogens with zero attached hydrogens (tertiary/aromatic N) is 2. The minimum absolute atomic E-state index is 0.0884. The van der Waals surface area contributed by atoms with Crippen molar-refractivity contribution in [3.63, 3.8) is 0 Å². The fourth-order valence-corrected chi connectivity index (χ4v) is 4.50. The molecule has 7 nitrogen and oxygen atoms in total. The molecule has 1 aliphatic heterocycles. The molecule has 166 valence electrons. The molecule has 1 aromatic heterocycles. The summed E-state index contributed by atoms with van der Waals surface area (Å²) in [6.07, 6.45) is 1.68. The molecule has 0 aliphatic carbocycles. The molecular weight excluding hydrogens is 472 g/mol. The smallest absolute Gasteiger partial charge is 0.254 e. The van der Waals surface area contributed by atoms with E-state index < -0.39 is 5.60 Å². The highest BCUT2D eigenvalue weighted by atomic mass is 79.9. The van der Waals surface area contributed by atoms with E-state index in [-0.39, 0.29) is 17.7 Å². The fourth-order valence-electron chi connectivity index (χ4n) is 4.12. The molecule has 1 amide bonds. The molecule has 0 bridgehead atoms. The van der Waals surface area contributed by atoms with Gasteiger partial charge in [0.1, 0.15) is 11.4 Å². The third-order valence-electron chi connectivity index (χ3n) is 5.80. The molecule has 0 spiro atoms. The van der Waals surface area contributed by atoms with E-state index in [1.807, 2.05) is 18.2 Å². The van der Waals surface area contributed by atoms with Gasteiger partial charge in [-0.25, -0.2) is 0 Å². The number of hydrogen-bond donors (Lipinski definition) is 3. The van der Waals surface area contributed by atoms with Gasteiger partial charge in [0.25, 0.3) is 5.91 Å². The maximum atomic E-state index is 13.0. The number of likely N-dealkylation sites (tertiary alicyclic amines) is 1. The summed E-state index contributed by atoms with van der Waals surface area (Å²) in [6, 6.07) is 13.9. The highest BCUT2D eigenvalue weighted by molar-refractivity contribution is 9.10. The first-order valence-corrected chi connectivity index (χ1v) is 11.2. The minimum Gasteiger partial charge on any atom is -0.398 e. The largest absolute Gasteiger partial charge is 0.398 e. The summed E-state index contributed by atoms with van der Waals surface area (Å²) < 4.78 is 6.22. The average molecular weight is 497 g/mol. The fraction of sp³-hybridized carbons (Fsp3) is 0.292. The molecular formula is C24H25BrN4O3. The van der Waals surface area contributed by atoms with Crippen LogP contribution in [-0.2, 0) is 0 Å². The number of nitrogens with two attached hydrogens (primary N) is 1. The van der Waals surface area contributed by atoms with E-state index in [0.29, 0.717) is 34.8 Å². The van der Waals surface area contributed by atoms with E-state index in [1.54, 1.807) is 49.1 Å². The Hall–Kier alpha value is -2.97. The SMILES string of the molecule is CC(C)(O)[C@H]1CCCN1C(=O)c1ccc(-c2cc(C(=N)c3ccc(Br)cc3N)on2)cc1. The molecule has 3 aromatic rings. The standard InChI is InChI=1S/C24H25BrN4O3/c1-24(2,31)21-4-3-11-29(21)23(30)15-7-5-14(6-8-15)19-13-20(32-28-19)22(27)17-10-9-16(25)12-18(17)26/h5-10,12-13,21,27,31H,3-4,11,26H2,1-2H3/t21-/m1/s1. The normalized spacial score (nSPS) is 16.4. The molecule has 2 aromatic carbocycles. The predicted octanol–water partition coefficient (Wildman–Crippen LogP) is 4.48. The number of rotatable bonds is 5. The van der Waals surface area contributed by atoms with E-state index in [0.717, 1.165) is 22.9 Å². The number of nitrogen functional groups attached to an aromatic ring is 1. The second-order valence-electron chi connectivity index (χ2n) is 8.57. The molecule has 1 aliphatic rings. The number of aliphatic hydroxyl groups is 1. The van der Waals surface area contributed by atoms with Crippen LogP contribution in [0, 0.1) is 5.41 Å². The molecule has 0 unspecified atom stereocenters. The number of carbonyl (C=O) groups is 1. The summed E-state index contributed by atoms with van der Waals surface area (Å²) in [5, 5.41) is 22.9. The molecule has 4 rings (SSSR count). The zero-order chi connectivity index (χ0) is 23.0. The van der Waals surface area contributed by atoms with Crippen molar-refractivity contribution in [2.24, 2.45) is 0 Å². The van der Waals surface area contributed by atoms with Gasteiger partial charge < -0.3 is 20.3 Å².